The number of nitrogens with zero attached hydrogens (tertiary/aromatic N) is 2. The molecular formula is C28H31FN4S. The third-order valence-electron chi connectivity index (χ3n) is 5.93. The molecule has 34 heavy (non-hydrogen) atoms. The second kappa shape index (κ2) is 11.4. The summed E-state index contributed by atoms with van der Waals surface area (Å²) in [7, 11) is 0. The normalized spacial score (nSPS) is 16.0. The van der Waals surface area contributed by atoms with Gasteiger partial charge < -0.3 is 10.6 Å². The van der Waals surface area contributed by atoms with Crippen molar-refractivity contribution < 1.29 is 4.39 Å². The molecule has 2 N–H and O–H groups in total. The maximum Gasteiger partial charge on any atom is 0.123 e. The van der Waals surface area contributed by atoms with E-state index in [1.165, 1.54) is 6.07 Å². The Labute approximate surface area is 205 Å². The van der Waals surface area contributed by atoms with Gasteiger partial charge in [0, 0.05) is 17.5 Å². The number of benzene rings is 2. The van der Waals surface area contributed by atoms with Crippen LogP contribution >= 0.6 is 11.3 Å². The van der Waals surface area contributed by atoms with E-state index in [-0.39, 0.29) is 11.9 Å². The topological polar surface area (TPSA) is 49.3 Å². The number of piperidine rings is 1. The van der Waals surface area contributed by atoms with Crippen molar-refractivity contribution in [2.45, 2.75) is 38.6 Å². The molecule has 0 spiro atoms. The third-order valence-corrected chi connectivity index (χ3v) is 7.17. The van der Waals surface area contributed by atoms with Crippen LogP contribution in [0.4, 0.5) is 4.39 Å². The van der Waals surface area contributed by atoms with Crippen LogP contribution in [0.2, 0.25) is 0 Å². The highest BCUT2D eigenvalue weighted by Crippen LogP contribution is 2.36. The first-order chi connectivity index (χ1) is 16.5. The van der Waals surface area contributed by atoms with Gasteiger partial charge >= 0.3 is 0 Å². The van der Waals surface area contributed by atoms with Crippen molar-refractivity contribution in [2.24, 2.45) is 4.99 Å². The smallest absolute Gasteiger partial charge is 0.123 e. The molecule has 2 heterocycles. The van der Waals surface area contributed by atoms with Crippen molar-refractivity contribution in [3.05, 3.63) is 100 Å². The summed E-state index contributed by atoms with van der Waals surface area (Å²) < 4.78 is 14.1. The fourth-order valence-electron chi connectivity index (χ4n) is 4.16. The zero-order chi connectivity index (χ0) is 23.9. The summed E-state index contributed by atoms with van der Waals surface area (Å²) in [6.45, 7) is 10.2. The summed E-state index contributed by atoms with van der Waals surface area (Å²) in [6, 6.07) is 16.9. The summed E-state index contributed by atoms with van der Waals surface area (Å²) in [5.74, 6) is 0.706. The molecule has 4 rings (SSSR count). The molecule has 0 radical (unpaired) electrons. The highest BCUT2D eigenvalue weighted by atomic mass is 32.1. The van der Waals surface area contributed by atoms with Gasteiger partial charge in [-0.3, -0.25) is 0 Å². The van der Waals surface area contributed by atoms with Crippen LogP contribution < -0.4 is 10.6 Å². The van der Waals surface area contributed by atoms with Gasteiger partial charge in [0.1, 0.15) is 11.6 Å². The first kappa shape index (κ1) is 24.0. The molecule has 1 atom stereocenters. The Balaban J connectivity index is 1.70. The Morgan fingerprint density at radius 3 is 2.68 bits per heavy atom. The number of thiazole rings is 1. The molecule has 0 bridgehead atoms. The van der Waals surface area contributed by atoms with Crippen LogP contribution in [0.25, 0.3) is 11.3 Å². The molecule has 1 aliphatic rings. The van der Waals surface area contributed by atoms with E-state index < -0.39 is 0 Å². The lowest BCUT2D eigenvalue weighted by molar-refractivity contribution is 0.459. The van der Waals surface area contributed by atoms with Crippen LogP contribution in [0.1, 0.15) is 54.1 Å². The minimum atomic E-state index is -0.271. The van der Waals surface area contributed by atoms with Crippen molar-refractivity contribution >= 4 is 17.0 Å². The molecule has 0 amide bonds. The predicted octanol–water partition coefficient (Wildman–Crippen LogP) is 6.60. The first-order valence-corrected chi connectivity index (χ1v) is 12.6. The molecule has 0 aliphatic carbocycles. The summed E-state index contributed by atoms with van der Waals surface area (Å²) in [5.41, 5.74) is 3.48. The van der Waals surface area contributed by atoms with Crippen molar-refractivity contribution in [2.75, 3.05) is 13.1 Å². The van der Waals surface area contributed by atoms with Crippen LogP contribution in [0.5, 0.6) is 0 Å². The number of halogens is 1. The zero-order valence-electron chi connectivity index (χ0n) is 19.7. The van der Waals surface area contributed by atoms with E-state index in [1.54, 1.807) is 23.5 Å². The van der Waals surface area contributed by atoms with E-state index in [4.69, 9.17) is 9.98 Å². The van der Waals surface area contributed by atoms with Crippen LogP contribution in [-0.2, 0) is 0 Å². The molecule has 0 saturated carbocycles. The molecule has 1 saturated heterocycles. The Morgan fingerprint density at radius 2 is 1.97 bits per heavy atom. The standard InChI is InChI=1S/C28H31FN4S/c1-4-9-25(32-20(3)31-19(2)21-10-6-5-7-11-21)27-26(23-12-8-13-24(29)18-23)33-28(34-27)22-14-16-30-17-15-22/h4-13,18-19,22,30-31H,3,14-17H2,1-2H3/b9-4-,32-25+. The van der Waals surface area contributed by atoms with Gasteiger partial charge in [-0.25, -0.2) is 14.4 Å². The van der Waals surface area contributed by atoms with Gasteiger partial charge in [-0.15, -0.1) is 11.3 Å². The average Bonchev–Trinajstić information content (AvgIpc) is 3.30. The van der Waals surface area contributed by atoms with E-state index in [1.807, 2.05) is 43.3 Å². The molecule has 1 fully saturated rings. The lowest BCUT2D eigenvalue weighted by Gasteiger charge is -2.20. The Morgan fingerprint density at radius 1 is 1.21 bits per heavy atom. The lowest BCUT2D eigenvalue weighted by atomic mass is 9.99. The van der Waals surface area contributed by atoms with Crippen molar-refractivity contribution in [3.8, 4) is 11.3 Å². The number of aliphatic imine (C=N–C) groups is 1. The lowest BCUT2D eigenvalue weighted by Crippen LogP contribution is -2.26. The number of hydrogen-bond donors (Lipinski definition) is 2. The van der Waals surface area contributed by atoms with Crippen LogP contribution in [-0.4, -0.2) is 23.8 Å². The predicted molar refractivity (Wildman–Crippen MR) is 141 cm³/mol. The molecule has 6 heteroatoms. The Bertz CT molecular complexity index is 1180. The van der Waals surface area contributed by atoms with Crippen molar-refractivity contribution in [3.63, 3.8) is 0 Å². The van der Waals surface area contributed by atoms with E-state index >= 15 is 0 Å². The second-order valence-corrected chi connectivity index (χ2v) is 9.52. The van der Waals surface area contributed by atoms with Crippen molar-refractivity contribution in [1.82, 2.24) is 15.6 Å². The molecule has 1 aromatic heterocycles. The molecule has 176 valence electrons. The van der Waals surface area contributed by atoms with Gasteiger partial charge in [0.15, 0.2) is 0 Å². The van der Waals surface area contributed by atoms with E-state index in [0.717, 1.165) is 58.3 Å². The summed E-state index contributed by atoms with van der Waals surface area (Å²) >= 11 is 1.66. The van der Waals surface area contributed by atoms with Gasteiger partial charge in [-0.2, -0.15) is 0 Å². The maximum atomic E-state index is 14.1. The third kappa shape index (κ3) is 5.88. The van der Waals surface area contributed by atoms with Crippen LogP contribution in [0.15, 0.2) is 84.1 Å². The molecule has 2 aromatic carbocycles. The number of hydrogen-bond acceptors (Lipinski definition) is 5. The quantitative estimate of drug-likeness (QED) is 0.362. The summed E-state index contributed by atoms with van der Waals surface area (Å²) in [5, 5.41) is 7.90. The van der Waals surface area contributed by atoms with Gasteiger partial charge in [0.05, 0.1) is 21.3 Å². The number of nitrogens with one attached hydrogen (secondary N) is 2. The van der Waals surface area contributed by atoms with E-state index in [0.29, 0.717) is 11.7 Å². The number of aromatic nitrogens is 1. The molecule has 1 aliphatic heterocycles. The summed E-state index contributed by atoms with van der Waals surface area (Å²) in [6.07, 6.45) is 6.04. The molecule has 1 unspecified atom stereocenters. The first-order valence-electron chi connectivity index (χ1n) is 11.7. The fourth-order valence-corrected chi connectivity index (χ4v) is 5.39. The SMILES string of the molecule is C=C(/N=C(\C=C/C)c1sc(C2CCNCC2)nc1-c1cccc(F)c1)NC(C)c1ccccc1. The van der Waals surface area contributed by atoms with Crippen molar-refractivity contribution in [1.29, 1.82) is 0 Å². The highest BCUT2D eigenvalue weighted by molar-refractivity contribution is 7.14. The minimum Gasteiger partial charge on any atom is -0.364 e. The van der Waals surface area contributed by atoms with Crippen LogP contribution in [0.3, 0.4) is 0 Å². The maximum absolute atomic E-state index is 14.1. The molecule has 4 nitrogen and oxygen atoms in total. The number of allylic oxidation sites excluding steroid dienone is 2. The number of rotatable bonds is 8. The van der Waals surface area contributed by atoms with E-state index in [9.17, 15) is 4.39 Å². The average molecular weight is 475 g/mol. The van der Waals surface area contributed by atoms with Gasteiger partial charge in [-0.1, -0.05) is 55.1 Å². The van der Waals surface area contributed by atoms with E-state index in [2.05, 4.69) is 36.3 Å². The highest BCUT2D eigenvalue weighted by Gasteiger charge is 2.24. The molecular weight excluding hydrogens is 443 g/mol. The summed E-state index contributed by atoms with van der Waals surface area (Å²) in [4.78, 5) is 10.8. The Kier molecular flexibility index (Phi) is 8.03. The Hall–Kier alpha value is -3.09. The zero-order valence-corrected chi connectivity index (χ0v) is 20.5. The fraction of sp³-hybridized carbons (Fsp3) is 0.286. The van der Waals surface area contributed by atoms with Gasteiger partial charge in [0.2, 0.25) is 0 Å². The largest absolute Gasteiger partial charge is 0.364 e. The molecule has 3 aromatic rings. The van der Waals surface area contributed by atoms with Crippen LogP contribution in [0, 0.1) is 5.82 Å². The minimum absolute atomic E-state index is 0.0683. The van der Waals surface area contributed by atoms with Gasteiger partial charge in [0.25, 0.3) is 0 Å². The second-order valence-electron chi connectivity index (χ2n) is 8.48. The monoisotopic (exact) mass is 474 g/mol. The van der Waals surface area contributed by atoms with Gasteiger partial charge in [-0.05, 0) is 63.6 Å².